The fourth-order valence-corrected chi connectivity index (χ4v) is 3.04. The van der Waals surface area contributed by atoms with E-state index >= 15 is 0 Å². The van der Waals surface area contributed by atoms with E-state index in [0.717, 1.165) is 5.56 Å². The first-order valence-corrected chi connectivity index (χ1v) is 10.5. The minimum Gasteiger partial charge on any atom is -0.464 e. The quantitative estimate of drug-likeness (QED) is 0.225. The minimum absolute atomic E-state index is 0.0134. The topological polar surface area (TPSA) is 105 Å². The maximum atomic E-state index is 12.4. The van der Waals surface area contributed by atoms with Crippen LogP contribution in [0.25, 0.3) is 0 Å². The molecule has 1 aromatic carbocycles. The zero-order valence-electron chi connectivity index (χ0n) is 18.2. The monoisotopic (exact) mass is 430 g/mol. The predicted molar refractivity (Wildman–Crippen MR) is 120 cm³/mol. The third kappa shape index (κ3) is 10.6. The van der Waals surface area contributed by atoms with Crippen molar-refractivity contribution in [3.8, 4) is 0 Å². The van der Waals surface area contributed by atoms with Gasteiger partial charge in [0.25, 0.3) is 0 Å². The number of allylic oxidation sites excluding steroid dienone is 2. The zero-order valence-corrected chi connectivity index (χ0v) is 18.2. The van der Waals surface area contributed by atoms with Gasteiger partial charge < -0.3 is 20.5 Å². The number of amides is 2. The van der Waals surface area contributed by atoms with E-state index in [-0.39, 0.29) is 55.9 Å². The number of ether oxygens (including phenoxy) is 1. The molecule has 3 atom stereocenters. The Morgan fingerprint density at radius 1 is 1.10 bits per heavy atom. The van der Waals surface area contributed by atoms with Crippen LogP contribution in [0.4, 0.5) is 0 Å². The molecule has 0 unspecified atom stereocenters. The van der Waals surface area contributed by atoms with Crippen molar-refractivity contribution in [2.24, 2.45) is 11.8 Å². The summed E-state index contributed by atoms with van der Waals surface area (Å²) in [5.41, 5.74) is 1.04. The molecule has 0 heterocycles. The Labute approximate surface area is 184 Å². The summed E-state index contributed by atoms with van der Waals surface area (Å²) in [6.45, 7) is 9.03. The van der Waals surface area contributed by atoms with Gasteiger partial charge in [0.2, 0.25) is 11.8 Å². The molecular weight excluding hydrogens is 396 g/mol. The molecule has 2 amide bonds. The number of aliphatic hydroxyl groups is 1. The van der Waals surface area contributed by atoms with Gasteiger partial charge >= 0.3 is 5.97 Å². The van der Waals surface area contributed by atoms with Gasteiger partial charge in [0.1, 0.15) is 6.61 Å². The highest BCUT2D eigenvalue weighted by molar-refractivity contribution is 5.86. The molecule has 0 aromatic heterocycles. The van der Waals surface area contributed by atoms with E-state index in [4.69, 9.17) is 9.84 Å². The van der Waals surface area contributed by atoms with Crippen molar-refractivity contribution < 1.29 is 24.2 Å². The van der Waals surface area contributed by atoms with Crippen LogP contribution in [-0.2, 0) is 25.5 Å². The molecular formula is C24H34N2O5. The summed E-state index contributed by atoms with van der Waals surface area (Å²) >= 11 is 0. The number of nitrogens with one attached hydrogen (secondary N) is 2. The SMILES string of the molecule is C=CC[C@@H](CC(=O)N[C@H](C)CO)C(=O)NCCOC(=O)[C@H](CC=C)Cc1ccccc1. The van der Waals surface area contributed by atoms with Crippen LogP contribution in [0.5, 0.6) is 0 Å². The van der Waals surface area contributed by atoms with E-state index in [9.17, 15) is 14.4 Å². The van der Waals surface area contributed by atoms with Crippen LogP contribution < -0.4 is 10.6 Å². The molecule has 0 aliphatic carbocycles. The number of benzene rings is 1. The second-order valence-corrected chi connectivity index (χ2v) is 7.45. The number of carbonyl (C=O) groups is 3. The summed E-state index contributed by atoms with van der Waals surface area (Å²) in [4.78, 5) is 36.8. The second kappa shape index (κ2) is 15.0. The molecule has 0 bridgehead atoms. The highest BCUT2D eigenvalue weighted by Gasteiger charge is 2.22. The van der Waals surface area contributed by atoms with E-state index in [1.807, 2.05) is 30.3 Å². The van der Waals surface area contributed by atoms with Crippen LogP contribution in [0.2, 0.25) is 0 Å². The van der Waals surface area contributed by atoms with Crippen molar-refractivity contribution in [3.05, 3.63) is 61.2 Å². The standard InChI is InChI=1S/C24H34N2O5/c1-4-9-20(16-22(28)26-18(3)17-27)23(29)25-13-14-31-24(30)21(10-5-2)15-19-11-7-6-8-12-19/h4-8,11-12,18,20-21,27H,1-2,9-10,13-17H2,3H3,(H,25,29)(H,26,28)/t18-,20+,21-/m1/s1. The first kappa shape index (κ1) is 26.1. The van der Waals surface area contributed by atoms with Crippen LogP contribution in [-0.4, -0.2) is 48.7 Å². The predicted octanol–water partition coefficient (Wildman–Crippen LogP) is 2.16. The van der Waals surface area contributed by atoms with Gasteiger partial charge in [-0.25, -0.2) is 0 Å². The smallest absolute Gasteiger partial charge is 0.309 e. The molecule has 3 N–H and O–H groups in total. The molecule has 0 radical (unpaired) electrons. The molecule has 0 aliphatic rings. The van der Waals surface area contributed by atoms with E-state index in [1.54, 1.807) is 19.1 Å². The fourth-order valence-electron chi connectivity index (χ4n) is 3.04. The molecule has 0 fully saturated rings. The molecule has 1 rings (SSSR count). The number of hydrogen-bond acceptors (Lipinski definition) is 5. The molecule has 170 valence electrons. The van der Waals surface area contributed by atoms with Crippen molar-refractivity contribution in [2.45, 2.75) is 38.6 Å². The largest absolute Gasteiger partial charge is 0.464 e. The van der Waals surface area contributed by atoms with E-state index in [1.165, 1.54) is 0 Å². The van der Waals surface area contributed by atoms with Crippen LogP contribution in [0.3, 0.4) is 0 Å². The second-order valence-electron chi connectivity index (χ2n) is 7.45. The highest BCUT2D eigenvalue weighted by atomic mass is 16.5. The normalized spacial score (nSPS) is 13.4. The highest BCUT2D eigenvalue weighted by Crippen LogP contribution is 2.15. The Balaban J connectivity index is 2.47. The van der Waals surface area contributed by atoms with E-state index in [0.29, 0.717) is 19.3 Å². The Kier molecular flexibility index (Phi) is 12.6. The van der Waals surface area contributed by atoms with Gasteiger partial charge in [-0.3, -0.25) is 14.4 Å². The van der Waals surface area contributed by atoms with E-state index < -0.39 is 5.92 Å². The van der Waals surface area contributed by atoms with Crippen molar-refractivity contribution in [1.29, 1.82) is 0 Å². The van der Waals surface area contributed by atoms with Crippen molar-refractivity contribution in [2.75, 3.05) is 19.8 Å². The summed E-state index contributed by atoms with van der Waals surface area (Å²) in [5.74, 6) is -1.87. The number of esters is 1. The molecule has 0 saturated carbocycles. The lowest BCUT2D eigenvalue weighted by Gasteiger charge is -2.18. The molecule has 0 aliphatic heterocycles. The third-order valence-corrected chi connectivity index (χ3v) is 4.69. The van der Waals surface area contributed by atoms with Gasteiger partial charge in [0.15, 0.2) is 0 Å². The summed E-state index contributed by atoms with van der Waals surface area (Å²) in [7, 11) is 0. The van der Waals surface area contributed by atoms with Crippen LogP contribution in [0, 0.1) is 11.8 Å². The Bertz CT molecular complexity index is 720. The van der Waals surface area contributed by atoms with Gasteiger partial charge in [-0.05, 0) is 31.7 Å². The zero-order chi connectivity index (χ0) is 23.1. The molecule has 31 heavy (non-hydrogen) atoms. The van der Waals surface area contributed by atoms with Crippen molar-refractivity contribution >= 4 is 17.8 Å². The van der Waals surface area contributed by atoms with Crippen LogP contribution in [0.1, 0.15) is 31.7 Å². The van der Waals surface area contributed by atoms with Gasteiger partial charge in [-0.15, -0.1) is 13.2 Å². The molecule has 0 spiro atoms. The molecule has 7 nitrogen and oxygen atoms in total. The minimum atomic E-state index is -0.578. The fraction of sp³-hybridized carbons (Fsp3) is 0.458. The third-order valence-electron chi connectivity index (χ3n) is 4.69. The average Bonchev–Trinajstić information content (AvgIpc) is 2.76. The van der Waals surface area contributed by atoms with E-state index in [2.05, 4.69) is 23.8 Å². The van der Waals surface area contributed by atoms with Gasteiger partial charge in [-0.1, -0.05) is 42.5 Å². The number of aliphatic hydroxyl groups excluding tert-OH is 1. The summed E-state index contributed by atoms with van der Waals surface area (Å²) in [6, 6.07) is 9.31. The Hall–Kier alpha value is -2.93. The first-order chi connectivity index (χ1) is 14.9. The van der Waals surface area contributed by atoms with Crippen molar-refractivity contribution in [1.82, 2.24) is 10.6 Å². The molecule has 1 aromatic rings. The Morgan fingerprint density at radius 3 is 2.35 bits per heavy atom. The van der Waals surface area contributed by atoms with Gasteiger partial charge in [0, 0.05) is 12.5 Å². The average molecular weight is 431 g/mol. The lowest BCUT2D eigenvalue weighted by Crippen LogP contribution is -2.39. The van der Waals surface area contributed by atoms with Crippen molar-refractivity contribution in [3.63, 3.8) is 0 Å². The summed E-state index contributed by atoms with van der Waals surface area (Å²) in [5, 5.41) is 14.3. The maximum absolute atomic E-state index is 12.4. The lowest BCUT2D eigenvalue weighted by molar-refractivity contribution is -0.148. The molecule has 0 saturated heterocycles. The van der Waals surface area contributed by atoms with Crippen LogP contribution >= 0.6 is 0 Å². The maximum Gasteiger partial charge on any atom is 0.309 e. The summed E-state index contributed by atoms with van der Waals surface area (Å²) < 4.78 is 5.34. The van der Waals surface area contributed by atoms with Crippen LogP contribution in [0.15, 0.2) is 55.6 Å². The number of carbonyl (C=O) groups excluding carboxylic acids is 3. The van der Waals surface area contributed by atoms with Gasteiger partial charge in [-0.2, -0.15) is 0 Å². The van der Waals surface area contributed by atoms with Gasteiger partial charge in [0.05, 0.1) is 25.0 Å². The Morgan fingerprint density at radius 2 is 1.74 bits per heavy atom. The number of rotatable bonds is 15. The molecule has 7 heteroatoms. The lowest BCUT2D eigenvalue weighted by atomic mass is 9.96. The number of hydrogen-bond donors (Lipinski definition) is 3. The first-order valence-electron chi connectivity index (χ1n) is 10.5. The summed E-state index contributed by atoms with van der Waals surface area (Å²) in [6.07, 6.45) is 4.66.